The van der Waals surface area contributed by atoms with Crippen molar-refractivity contribution in [2.75, 3.05) is 26.2 Å². The maximum atomic E-state index is 3.67. The molecule has 1 aliphatic rings. The summed E-state index contributed by atoms with van der Waals surface area (Å²) in [4.78, 5) is 2.62. The Bertz CT molecular complexity index is 334. The lowest BCUT2D eigenvalue weighted by Gasteiger charge is -2.25. The molecule has 1 N–H and O–H groups in total. The summed E-state index contributed by atoms with van der Waals surface area (Å²) >= 11 is 0. The molecule has 1 unspecified atom stereocenters. The van der Waals surface area contributed by atoms with E-state index in [0.717, 1.165) is 19.0 Å². The summed E-state index contributed by atoms with van der Waals surface area (Å²) in [7, 11) is 0. The van der Waals surface area contributed by atoms with Crippen LogP contribution in [0.25, 0.3) is 0 Å². The van der Waals surface area contributed by atoms with Crippen molar-refractivity contribution in [2.45, 2.75) is 32.7 Å². The molecule has 0 aromatic heterocycles. The SMILES string of the molecule is CC(C)CCN1CCCNC(c2ccccc2)C1. The molecule has 1 fully saturated rings. The fourth-order valence-electron chi connectivity index (χ4n) is 2.55. The van der Waals surface area contributed by atoms with Gasteiger partial charge in [-0.1, -0.05) is 44.2 Å². The van der Waals surface area contributed by atoms with Gasteiger partial charge in [0.1, 0.15) is 0 Å². The minimum absolute atomic E-state index is 0.501. The van der Waals surface area contributed by atoms with Crippen LogP contribution < -0.4 is 5.32 Å². The average molecular weight is 246 g/mol. The van der Waals surface area contributed by atoms with Gasteiger partial charge >= 0.3 is 0 Å². The maximum absolute atomic E-state index is 3.67. The Morgan fingerprint density at radius 2 is 2.06 bits per heavy atom. The molecule has 0 amide bonds. The molecule has 0 saturated carbocycles. The van der Waals surface area contributed by atoms with Gasteiger partial charge in [-0.25, -0.2) is 0 Å². The van der Waals surface area contributed by atoms with Crippen molar-refractivity contribution in [1.29, 1.82) is 0 Å². The molecule has 100 valence electrons. The number of nitrogens with zero attached hydrogens (tertiary/aromatic N) is 1. The monoisotopic (exact) mass is 246 g/mol. The van der Waals surface area contributed by atoms with Gasteiger partial charge in [-0.3, -0.25) is 0 Å². The van der Waals surface area contributed by atoms with Gasteiger partial charge in [-0.05, 0) is 44.0 Å². The molecule has 2 rings (SSSR count). The summed E-state index contributed by atoms with van der Waals surface area (Å²) in [6.07, 6.45) is 2.57. The van der Waals surface area contributed by atoms with E-state index >= 15 is 0 Å². The molecule has 0 spiro atoms. The first-order valence-corrected chi connectivity index (χ1v) is 7.26. The number of hydrogen-bond donors (Lipinski definition) is 1. The van der Waals surface area contributed by atoms with Crippen LogP contribution in [0.3, 0.4) is 0 Å². The lowest BCUT2D eigenvalue weighted by molar-refractivity contribution is 0.253. The highest BCUT2D eigenvalue weighted by atomic mass is 15.2. The van der Waals surface area contributed by atoms with Crippen molar-refractivity contribution in [3.8, 4) is 0 Å². The first-order valence-electron chi connectivity index (χ1n) is 7.26. The molecule has 0 bridgehead atoms. The van der Waals surface area contributed by atoms with E-state index in [4.69, 9.17) is 0 Å². The summed E-state index contributed by atoms with van der Waals surface area (Å²) in [5.41, 5.74) is 1.42. The van der Waals surface area contributed by atoms with Gasteiger partial charge in [0.25, 0.3) is 0 Å². The van der Waals surface area contributed by atoms with Crippen LogP contribution in [0.2, 0.25) is 0 Å². The van der Waals surface area contributed by atoms with E-state index < -0.39 is 0 Å². The Balaban J connectivity index is 1.95. The van der Waals surface area contributed by atoms with Crippen molar-refractivity contribution in [3.05, 3.63) is 35.9 Å². The van der Waals surface area contributed by atoms with Crippen LogP contribution in [0.1, 0.15) is 38.3 Å². The van der Waals surface area contributed by atoms with Gasteiger partial charge in [-0.15, -0.1) is 0 Å². The molecular weight excluding hydrogens is 220 g/mol. The summed E-state index contributed by atoms with van der Waals surface area (Å²) in [6, 6.07) is 11.4. The van der Waals surface area contributed by atoms with E-state index in [9.17, 15) is 0 Å². The largest absolute Gasteiger partial charge is 0.309 e. The number of hydrogen-bond acceptors (Lipinski definition) is 2. The van der Waals surface area contributed by atoms with Crippen molar-refractivity contribution >= 4 is 0 Å². The minimum Gasteiger partial charge on any atom is -0.309 e. The van der Waals surface area contributed by atoms with Gasteiger partial charge < -0.3 is 10.2 Å². The third-order valence-corrected chi connectivity index (χ3v) is 3.71. The topological polar surface area (TPSA) is 15.3 Å². The molecule has 1 atom stereocenters. The number of nitrogens with one attached hydrogen (secondary N) is 1. The third-order valence-electron chi connectivity index (χ3n) is 3.71. The first-order chi connectivity index (χ1) is 8.75. The standard InChI is InChI=1S/C16H26N2/c1-14(2)9-12-18-11-6-10-17-16(13-18)15-7-4-3-5-8-15/h3-5,7-8,14,16-17H,6,9-13H2,1-2H3. The van der Waals surface area contributed by atoms with Crippen LogP contribution in [-0.4, -0.2) is 31.1 Å². The quantitative estimate of drug-likeness (QED) is 0.878. The molecule has 1 aliphatic heterocycles. The highest BCUT2D eigenvalue weighted by molar-refractivity contribution is 5.19. The molecule has 1 aromatic rings. The molecule has 2 nitrogen and oxygen atoms in total. The van der Waals surface area contributed by atoms with Crippen molar-refractivity contribution in [3.63, 3.8) is 0 Å². The summed E-state index contributed by atoms with van der Waals surface area (Å²) in [5.74, 6) is 0.802. The maximum Gasteiger partial charge on any atom is 0.0449 e. The lowest BCUT2D eigenvalue weighted by atomic mass is 10.1. The zero-order chi connectivity index (χ0) is 12.8. The number of rotatable bonds is 4. The van der Waals surface area contributed by atoms with Crippen LogP contribution in [0, 0.1) is 5.92 Å². The Labute approximate surface area is 111 Å². The fourth-order valence-corrected chi connectivity index (χ4v) is 2.55. The predicted molar refractivity (Wildman–Crippen MR) is 77.7 cm³/mol. The molecule has 1 aromatic carbocycles. The summed E-state index contributed by atoms with van der Waals surface area (Å²) < 4.78 is 0. The molecule has 1 heterocycles. The van der Waals surface area contributed by atoms with Crippen LogP contribution in [0.4, 0.5) is 0 Å². The van der Waals surface area contributed by atoms with Crippen molar-refractivity contribution < 1.29 is 0 Å². The number of benzene rings is 1. The predicted octanol–water partition coefficient (Wildman–Crippen LogP) is 3.07. The third kappa shape index (κ3) is 4.11. The van der Waals surface area contributed by atoms with Crippen molar-refractivity contribution in [2.24, 2.45) is 5.92 Å². The second-order valence-corrected chi connectivity index (χ2v) is 5.75. The molecule has 2 heteroatoms. The Morgan fingerprint density at radius 1 is 1.28 bits per heavy atom. The highest BCUT2D eigenvalue weighted by Crippen LogP contribution is 2.17. The van der Waals surface area contributed by atoms with Gasteiger partial charge in [0.05, 0.1) is 0 Å². The molecule has 18 heavy (non-hydrogen) atoms. The second-order valence-electron chi connectivity index (χ2n) is 5.75. The van der Waals surface area contributed by atoms with Gasteiger partial charge in [0.15, 0.2) is 0 Å². The van der Waals surface area contributed by atoms with E-state index in [1.807, 2.05) is 0 Å². The van der Waals surface area contributed by atoms with E-state index in [1.165, 1.54) is 31.5 Å². The van der Waals surface area contributed by atoms with Gasteiger partial charge in [-0.2, -0.15) is 0 Å². The normalized spacial score (nSPS) is 22.1. The molecule has 0 aliphatic carbocycles. The van der Waals surface area contributed by atoms with Gasteiger partial charge in [0, 0.05) is 12.6 Å². The summed E-state index contributed by atoms with van der Waals surface area (Å²) in [6.45, 7) is 9.38. The van der Waals surface area contributed by atoms with Gasteiger partial charge in [0.2, 0.25) is 0 Å². The van der Waals surface area contributed by atoms with Crippen LogP contribution in [0.15, 0.2) is 30.3 Å². The van der Waals surface area contributed by atoms with E-state index in [1.54, 1.807) is 0 Å². The van der Waals surface area contributed by atoms with E-state index in [0.29, 0.717) is 6.04 Å². The Kier molecular flexibility index (Phi) is 5.21. The zero-order valence-electron chi connectivity index (χ0n) is 11.7. The Hall–Kier alpha value is -0.860. The van der Waals surface area contributed by atoms with E-state index in [-0.39, 0.29) is 0 Å². The van der Waals surface area contributed by atoms with Crippen LogP contribution in [-0.2, 0) is 0 Å². The molecule has 0 radical (unpaired) electrons. The zero-order valence-corrected chi connectivity index (χ0v) is 11.7. The fraction of sp³-hybridized carbons (Fsp3) is 0.625. The molecule has 1 saturated heterocycles. The van der Waals surface area contributed by atoms with Crippen molar-refractivity contribution in [1.82, 2.24) is 10.2 Å². The second kappa shape index (κ2) is 6.91. The smallest absolute Gasteiger partial charge is 0.0449 e. The van der Waals surface area contributed by atoms with E-state index in [2.05, 4.69) is 54.4 Å². The minimum atomic E-state index is 0.501. The Morgan fingerprint density at radius 3 is 2.78 bits per heavy atom. The highest BCUT2D eigenvalue weighted by Gasteiger charge is 2.18. The average Bonchev–Trinajstić information content (AvgIpc) is 2.63. The lowest BCUT2D eigenvalue weighted by Crippen LogP contribution is -2.32. The molecular formula is C16H26N2. The van der Waals surface area contributed by atoms with Crippen LogP contribution in [0.5, 0.6) is 0 Å². The summed E-state index contributed by atoms with van der Waals surface area (Å²) in [5, 5.41) is 3.67. The first kappa shape index (κ1) is 13.6. The van der Waals surface area contributed by atoms with Crippen LogP contribution >= 0.6 is 0 Å².